The zero-order valence-corrected chi connectivity index (χ0v) is 8.66. The summed E-state index contributed by atoms with van der Waals surface area (Å²) in [5.41, 5.74) is 2.30. The highest BCUT2D eigenvalue weighted by atomic mass is 35.5. The van der Waals surface area contributed by atoms with Crippen molar-refractivity contribution in [2.75, 3.05) is 0 Å². The molecule has 1 nitrogen and oxygen atoms in total. The van der Waals surface area contributed by atoms with E-state index in [0.29, 0.717) is 10.8 Å². The van der Waals surface area contributed by atoms with Crippen molar-refractivity contribution in [3.63, 3.8) is 0 Å². The molecule has 1 aromatic heterocycles. The summed E-state index contributed by atoms with van der Waals surface area (Å²) in [5.74, 6) is 0. The number of hydrogen-bond acceptors (Lipinski definition) is 2. The van der Waals surface area contributed by atoms with Gasteiger partial charge in [-0.25, -0.2) is 0 Å². The highest BCUT2D eigenvalue weighted by Gasteiger charge is 2.46. The second-order valence-corrected chi connectivity index (χ2v) is 5.25. The Kier molecular flexibility index (Phi) is 2.13. The number of rotatable bonds is 3. The molecule has 0 N–H and O–H groups in total. The molecule has 0 amide bonds. The third-order valence-corrected chi connectivity index (χ3v) is 3.99. The third kappa shape index (κ3) is 1.50. The Morgan fingerprint density at radius 2 is 2.50 bits per heavy atom. The summed E-state index contributed by atoms with van der Waals surface area (Å²) in [5, 5.41) is 0.305. The summed E-state index contributed by atoms with van der Waals surface area (Å²) >= 11 is 7.87. The van der Waals surface area contributed by atoms with Crippen LogP contribution in [0.2, 0.25) is 0 Å². The number of thiazole rings is 1. The van der Waals surface area contributed by atoms with Crippen LogP contribution in [0.25, 0.3) is 0 Å². The van der Waals surface area contributed by atoms with Crippen LogP contribution in [0, 0.1) is 5.41 Å². The van der Waals surface area contributed by atoms with Gasteiger partial charge in [0, 0.05) is 16.5 Å². The van der Waals surface area contributed by atoms with Gasteiger partial charge in [0.15, 0.2) is 0 Å². The first-order valence-corrected chi connectivity index (χ1v) is 5.56. The molecule has 0 bridgehead atoms. The fourth-order valence-electron chi connectivity index (χ4n) is 1.55. The molecule has 1 aliphatic rings. The average Bonchev–Trinajstić information content (AvgIpc) is 2.60. The fourth-order valence-corrected chi connectivity index (χ4v) is 2.60. The summed E-state index contributed by atoms with van der Waals surface area (Å²) in [6.45, 7) is 2.11. The van der Waals surface area contributed by atoms with Crippen molar-refractivity contribution in [1.29, 1.82) is 0 Å². The smallest absolute Gasteiger partial charge is 0.0794 e. The number of aromatic nitrogens is 1. The largest absolute Gasteiger partial charge is 0.253 e. The first-order chi connectivity index (χ1) is 5.73. The molecule has 1 atom stereocenters. The Labute approximate surface area is 81.8 Å². The fraction of sp³-hybridized carbons (Fsp3) is 0.667. The van der Waals surface area contributed by atoms with Gasteiger partial charge in [-0.2, -0.15) is 0 Å². The molecule has 1 unspecified atom stereocenters. The lowest BCUT2D eigenvalue weighted by Gasteiger charge is -2.15. The molecule has 1 heterocycles. The lowest BCUT2D eigenvalue weighted by atomic mass is 9.98. The average molecular weight is 202 g/mol. The van der Waals surface area contributed by atoms with Gasteiger partial charge in [0.1, 0.15) is 0 Å². The summed E-state index contributed by atoms with van der Waals surface area (Å²) < 4.78 is 0. The van der Waals surface area contributed by atoms with E-state index < -0.39 is 0 Å². The van der Waals surface area contributed by atoms with E-state index in [1.165, 1.54) is 17.7 Å². The molecule has 1 saturated carbocycles. The predicted molar refractivity (Wildman–Crippen MR) is 52.8 cm³/mol. The Morgan fingerprint density at radius 1 is 1.75 bits per heavy atom. The SMILES string of the molecule is CC(Cl)C1(Cc2cncs2)CC1. The van der Waals surface area contributed by atoms with Crippen molar-refractivity contribution in [1.82, 2.24) is 4.98 Å². The standard InChI is InChI=1S/C9H12ClNS/c1-7(10)9(2-3-9)4-8-5-11-6-12-8/h5-7H,2-4H2,1H3. The monoisotopic (exact) mass is 201 g/mol. The van der Waals surface area contributed by atoms with E-state index in [4.69, 9.17) is 11.6 Å². The lowest BCUT2D eigenvalue weighted by Crippen LogP contribution is -2.14. The molecule has 0 spiro atoms. The van der Waals surface area contributed by atoms with Crippen molar-refractivity contribution >= 4 is 22.9 Å². The molecule has 1 fully saturated rings. The molecule has 3 heteroatoms. The van der Waals surface area contributed by atoms with Gasteiger partial charge in [-0.05, 0) is 31.6 Å². The number of halogens is 1. The van der Waals surface area contributed by atoms with Crippen molar-refractivity contribution in [3.05, 3.63) is 16.6 Å². The minimum atomic E-state index is 0.305. The van der Waals surface area contributed by atoms with E-state index in [1.54, 1.807) is 11.3 Å². The van der Waals surface area contributed by atoms with Crippen LogP contribution in [-0.2, 0) is 6.42 Å². The molecule has 0 aliphatic heterocycles. The maximum absolute atomic E-state index is 6.13. The Balaban J connectivity index is 2.04. The van der Waals surface area contributed by atoms with E-state index in [0.717, 1.165) is 6.42 Å². The van der Waals surface area contributed by atoms with Crippen molar-refractivity contribution in [2.24, 2.45) is 5.41 Å². The zero-order valence-electron chi connectivity index (χ0n) is 7.09. The van der Waals surface area contributed by atoms with E-state index in [2.05, 4.69) is 11.9 Å². The van der Waals surface area contributed by atoms with Crippen LogP contribution >= 0.6 is 22.9 Å². The van der Waals surface area contributed by atoms with Crippen molar-refractivity contribution in [2.45, 2.75) is 31.6 Å². The van der Waals surface area contributed by atoms with Crippen LogP contribution in [-0.4, -0.2) is 10.4 Å². The minimum Gasteiger partial charge on any atom is -0.253 e. The molecule has 0 radical (unpaired) electrons. The van der Waals surface area contributed by atoms with Crippen LogP contribution < -0.4 is 0 Å². The van der Waals surface area contributed by atoms with E-state index >= 15 is 0 Å². The molecule has 66 valence electrons. The van der Waals surface area contributed by atoms with Crippen molar-refractivity contribution < 1.29 is 0 Å². The van der Waals surface area contributed by atoms with Gasteiger partial charge >= 0.3 is 0 Å². The molecule has 1 aliphatic carbocycles. The third-order valence-electron chi connectivity index (χ3n) is 2.75. The van der Waals surface area contributed by atoms with Crippen molar-refractivity contribution in [3.8, 4) is 0 Å². The minimum absolute atomic E-state index is 0.305. The topological polar surface area (TPSA) is 12.9 Å². The molecule has 0 saturated heterocycles. The quantitative estimate of drug-likeness (QED) is 0.685. The summed E-state index contributed by atoms with van der Waals surface area (Å²) in [7, 11) is 0. The van der Waals surface area contributed by atoms with E-state index in [9.17, 15) is 0 Å². The molecular weight excluding hydrogens is 190 g/mol. The van der Waals surface area contributed by atoms with Gasteiger partial charge < -0.3 is 0 Å². The summed E-state index contributed by atoms with van der Waals surface area (Å²) in [6.07, 6.45) is 5.66. The zero-order chi connectivity index (χ0) is 8.60. The van der Waals surface area contributed by atoms with Gasteiger partial charge in [0.25, 0.3) is 0 Å². The Hall–Kier alpha value is -0.0800. The normalized spacial score (nSPS) is 22.2. The van der Waals surface area contributed by atoms with Gasteiger partial charge in [-0.1, -0.05) is 0 Å². The van der Waals surface area contributed by atoms with E-state index in [1.807, 2.05) is 11.7 Å². The number of nitrogens with zero attached hydrogens (tertiary/aromatic N) is 1. The molecular formula is C9H12ClNS. The first-order valence-electron chi connectivity index (χ1n) is 4.24. The lowest BCUT2D eigenvalue weighted by molar-refractivity contribution is 0.500. The summed E-state index contributed by atoms with van der Waals surface area (Å²) in [4.78, 5) is 5.44. The Bertz CT molecular complexity index is 252. The van der Waals surface area contributed by atoms with Crippen LogP contribution in [0.1, 0.15) is 24.6 Å². The molecule has 12 heavy (non-hydrogen) atoms. The van der Waals surface area contributed by atoms with Crippen LogP contribution in [0.5, 0.6) is 0 Å². The van der Waals surface area contributed by atoms with Crippen LogP contribution in [0.3, 0.4) is 0 Å². The predicted octanol–water partition coefficient (Wildman–Crippen LogP) is 3.09. The highest BCUT2D eigenvalue weighted by Crippen LogP contribution is 2.53. The molecule has 0 aromatic carbocycles. The van der Waals surface area contributed by atoms with Gasteiger partial charge in [-0.3, -0.25) is 4.98 Å². The van der Waals surface area contributed by atoms with Gasteiger partial charge in [-0.15, -0.1) is 22.9 Å². The van der Waals surface area contributed by atoms with Crippen LogP contribution in [0.15, 0.2) is 11.7 Å². The molecule has 2 rings (SSSR count). The maximum atomic E-state index is 6.13. The number of hydrogen-bond donors (Lipinski definition) is 0. The van der Waals surface area contributed by atoms with Crippen LogP contribution in [0.4, 0.5) is 0 Å². The second kappa shape index (κ2) is 3.00. The maximum Gasteiger partial charge on any atom is 0.0794 e. The Morgan fingerprint density at radius 3 is 2.92 bits per heavy atom. The highest BCUT2D eigenvalue weighted by molar-refractivity contribution is 7.09. The molecule has 1 aromatic rings. The van der Waals surface area contributed by atoms with Gasteiger partial charge in [0.2, 0.25) is 0 Å². The number of alkyl halides is 1. The summed E-state index contributed by atoms with van der Waals surface area (Å²) in [6, 6.07) is 0. The first kappa shape index (κ1) is 8.52. The second-order valence-electron chi connectivity index (χ2n) is 3.62. The van der Waals surface area contributed by atoms with Gasteiger partial charge in [0.05, 0.1) is 5.51 Å². The van der Waals surface area contributed by atoms with E-state index in [-0.39, 0.29) is 0 Å².